The van der Waals surface area contributed by atoms with Crippen LogP contribution in [0.1, 0.15) is 5.56 Å². The summed E-state index contributed by atoms with van der Waals surface area (Å²) < 4.78 is 0. The molecule has 0 saturated heterocycles. The number of nitriles is 1. The van der Waals surface area contributed by atoms with E-state index in [1.54, 1.807) is 18.2 Å². The third kappa shape index (κ3) is 2.37. The van der Waals surface area contributed by atoms with Crippen LogP contribution in [-0.4, -0.2) is 5.11 Å². The van der Waals surface area contributed by atoms with Crippen LogP contribution in [0.25, 0.3) is 22.3 Å². The third-order valence-corrected chi connectivity index (χ3v) is 3.46. The average molecular weight is 271 g/mol. The van der Waals surface area contributed by atoms with Crippen molar-refractivity contribution < 1.29 is 5.11 Å². The molecule has 0 amide bonds. The van der Waals surface area contributed by atoms with E-state index in [1.807, 2.05) is 54.6 Å². The highest BCUT2D eigenvalue weighted by Crippen LogP contribution is 2.37. The molecule has 2 nitrogen and oxygen atoms in total. The van der Waals surface area contributed by atoms with Gasteiger partial charge in [0.15, 0.2) is 0 Å². The number of nitrogens with zero attached hydrogens (tertiary/aromatic N) is 1. The molecule has 1 N–H and O–H groups in total. The molecule has 0 aliphatic carbocycles. The van der Waals surface area contributed by atoms with Crippen LogP contribution in [0.15, 0.2) is 72.8 Å². The number of benzene rings is 3. The molecule has 0 saturated carbocycles. The van der Waals surface area contributed by atoms with Gasteiger partial charge in [0.1, 0.15) is 5.75 Å². The van der Waals surface area contributed by atoms with Crippen molar-refractivity contribution in [2.45, 2.75) is 0 Å². The Balaban J connectivity index is 2.27. The van der Waals surface area contributed by atoms with Gasteiger partial charge in [-0.1, -0.05) is 60.7 Å². The first-order valence-electron chi connectivity index (χ1n) is 6.68. The van der Waals surface area contributed by atoms with Crippen molar-refractivity contribution in [3.05, 3.63) is 78.4 Å². The molecule has 3 aromatic rings. The second-order valence-electron chi connectivity index (χ2n) is 4.72. The van der Waals surface area contributed by atoms with Crippen LogP contribution >= 0.6 is 0 Å². The Hall–Kier alpha value is -3.05. The molecule has 0 atom stereocenters. The molecular formula is C19H13NO. The summed E-state index contributed by atoms with van der Waals surface area (Å²) in [6.45, 7) is 0. The van der Waals surface area contributed by atoms with Crippen molar-refractivity contribution in [3.63, 3.8) is 0 Å². The lowest BCUT2D eigenvalue weighted by molar-refractivity contribution is 0.477. The summed E-state index contributed by atoms with van der Waals surface area (Å²) in [7, 11) is 0. The van der Waals surface area contributed by atoms with E-state index in [2.05, 4.69) is 6.07 Å². The van der Waals surface area contributed by atoms with E-state index in [0.29, 0.717) is 5.56 Å². The molecule has 0 aliphatic rings. The molecule has 0 radical (unpaired) electrons. The molecule has 100 valence electrons. The van der Waals surface area contributed by atoms with E-state index in [9.17, 15) is 10.4 Å². The van der Waals surface area contributed by atoms with Crippen molar-refractivity contribution >= 4 is 0 Å². The molecule has 0 unspecified atom stereocenters. The first kappa shape index (κ1) is 13.0. The zero-order valence-corrected chi connectivity index (χ0v) is 11.3. The Morgan fingerprint density at radius 3 is 1.71 bits per heavy atom. The van der Waals surface area contributed by atoms with Gasteiger partial charge in [0.05, 0.1) is 11.6 Å². The number of para-hydroxylation sites is 1. The van der Waals surface area contributed by atoms with Crippen LogP contribution in [0, 0.1) is 11.3 Å². The summed E-state index contributed by atoms with van der Waals surface area (Å²) in [6.07, 6.45) is 0. The first-order valence-corrected chi connectivity index (χ1v) is 6.68. The minimum atomic E-state index is 0.236. The molecule has 0 aliphatic heterocycles. The third-order valence-electron chi connectivity index (χ3n) is 3.46. The van der Waals surface area contributed by atoms with Crippen molar-refractivity contribution in [1.82, 2.24) is 0 Å². The second kappa shape index (κ2) is 5.52. The van der Waals surface area contributed by atoms with Crippen molar-refractivity contribution in [3.8, 4) is 34.1 Å². The smallest absolute Gasteiger partial charge is 0.123 e. The number of hydrogen-bond acceptors (Lipinski definition) is 2. The molecule has 21 heavy (non-hydrogen) atoms. The van der Waals surface area contributed by atoms with E-state index in [1.165, 1.54) is 0 Å². The van der Waals surface area contributed by atoms with Gasteiger partial charge in [0, 0.05) is 11.1 Å². The van der Waals surface area contributed by atoms with Gasteiger partial charge in [-0.3, -0.25) is 0 Å². The molecule has 3 aromatic carbocycles. The van der Waals surface area contributed by atoms with Gasteiger partial charge < -0.3 is 5.11 Å². The van der Waals surface area contributed by atoms with E-state index < -0.39 is 0 Å². The van der Waals surface area contributed by atoms with Gasteiger partial charge >= 0.3 is 0 Å². The summed E-state index contributed by atoms with van der Waals surface area (Å²) in [4.78, 5) is 0. The Morgan fingerprint density at radius 2 is 1.10 bits per heavy atom. The summed E-state index contributed by atoms with van der Waals surface area (Å²) in [6, 6.07) is 24.8. The Kier molecular flexibility index (Phi) is 3.41. The van der Waals surface area contributed by atoms with E-state index in [-0.39, 0.29) is 5.75 Å². The normalized spacial score (nSPS) is 10.0. The van der Waals surface area contributed by atoms with Crippen LogP contribution in [0.2, 0.25) is 0 Å². The molecule has 0 fully saturated rings. The summed E-state index contributed by atoms with van der Waals surface area (Å²) in [5.74, 6) is 0.236. The van der Waals surface area contributed by atoms with Gasteiger partial charge in [0.25, 0.3) is 0 Å². The second-order valence-corrected chi connectivity index (χ2v) is 4.72. The van der Waals surface area contributed by atoms with E-state index >= 15 is 0 Å². The quantitative estimate of drug-likeness (QED) is 0.740. The minimum absolute atomic E-state index is 0.236. The number of phenolic OH excluding ortho intramolecular Hbond substituents is 1. The van der Waals surface area contributed by atoms with Gasteiger partial charge in [-0.15, -0.1) is 0 Å². The summed E-state index contributed by atoms with van der Waals surface area (Å²) >= 11 is 0. The predicted octanol–water partition coefficient (Wildman–Crippen LogP) is 4.60. The highest BCUT2D eigenvalue weighted by molar-refractivity contribution is 5.87. The maximum Gasteiger partial charge on any atom is 0.123 e. The fourth-order valence-electron chi connectivity index (χ4n) is 2.47. The topological polar surface area (TPSA) is 44.0 Å². The molecule has 0 heterocycles. The molecule has 0 bridgehead atoms. The summed E-state index contributed by atoms with van der Waals surface area (Å²) in [5.41, 5.74) is 4.12. The highest BCUT2D eigenvalue weighted by atomic mass is 16.3. The van der Waals surface area contributed by atoms with E-state index in [4.69, 9.17) is 0 Å². The predicted molar refractivity (Wildman–Crippen MR) is 83.7 cm³/mol. The lowest BCUT2D eigenvalue weighted by atomic mass is 9.92. The fourth-order valence-corrected chi connectivity index (χ4v) is 2.47. The van der Waals surface area contributed by atoms with Crippen LogP contribution in [0.3, 0.4) is 0 Å². The fraction of sp³-hybridized carbons (Fsp3) is 0. The Bertz CT molecular complexity index is 831. The minimum Gasteiger partial charge on any atom is -0.507 e. The summed E-state index contributed by atoms with van der Waals surface area (Å²) in [5, 5.41) is 19.4. The number of aromatic hydroxyl groups is 1. The zero-order chi connectivity index (χ0) is 14.7. The van der Waals surface area contributed by atoms with Crippen molar-refractivity contribution in [2.75, 3.05) is 0 Å². The van der Waals surface area contributed by atoms with E-state index in [0.717, 1.165) is 22.3 Å². The number of phenols is 1. The highest BCUT2D eigenvalue weighted by Gasteiger charge is 2.12. The number of hydrogen-bond donors (Lipinski definition) is 1. The van der Waals surface area contributed by atoms with Gasteiger partial charge in [-0.2, -0.15) is 5.26 Å². The molecule has 3 rings (SSSR count). The lowest BCUT2D eigenvalue weighted by Gasteiger charge is -2.12. The molecule has 0 spiro atoms. The van der Waals surface area contributed by atoms with Crippen LogP contribution < -0.4 is 0 Å². The first-order chi connectivity index (χ1) is 10.3. The van der Waals surface area contributed by atoms with Gasteiger partial charge in [0.2, 0.25) is 0 Å². The molecular weight excluding hydrogens is 258 g/mol. The van der Waals surface area contributed by atoms with Gasteiger partial charge in [-0.25, -0.2) is 0 Å². The monoisotopic (exact) mass is 271 g/mol. The average Bonchev–Trinajstić information content (AvgIpc) is 2.55. The van der Waals surface area contributed by atoms with Gasteiger partial charge in [-0.05, 0) is 23.3 Å². The SMILES string of the molecule is N#Cc1ccccc1-c1ccccc1-c1ccccc1O. The Morgan fingerprint density at radius 1 is 0.619 bits per heavy atom. The van der Waals surface area contributed by atoms with Crippen LogP contribution in [-0.2, 0) is 0 Å². The lowest BCUT2D eigenvalue weighted by Crippen LogP contribution is -1.88. The Labute approximate surface area is 123 Å². The van der Waals surface area contributed by atoms with Crippen LogP contribution in [0.5, 0.6) is 5.75 Å². The maximum absolute atomic E-state index is 10.1. The van der Waals surface area contributed by atoms with Crippen molar-refractivity contribution in [2.24, 2.45) is 0 Å². The largest absolute Gasteiger partial charge is 0.507 e. The molecule has 2 heteroatoms. The standard InChI is InChI=1S/C19H13NO/c20-13-14-7-1-2-8-15(14)16-9-3-4-10-17(16)18-11-5-6-12-19(18)21/h1-12,21H. The van der Waals surface area contributed by atoms with Crippen molar-refractivity contribution in [1.29, 1.82) is 5.26 Å². The van der Waals surface area contributed by atoms with Crippen LogP contribution in [0.4, 0.5) is 0 Å². The zero-order valence-electron chi connectivity index (χ0n) is 11.3. The number of rotatable bonds is 2. The molecule has 0 aromatic heterocycles. The maximum atomic E-state index is 10.1.